The maximum Gasteiger partial charge on any atom is 0.166 e. The Balaban J connectivity index is 2.43. The lowest BCUT2D eigenvalue weighted by molar-refractivity contribution is 1.08. The Labute approximate surface area is 91.9 Å². The molecule has 14 heavy (non-hydrogen) atoms. The minimum atomic E-state index is 1.01. The summed E-state index contributed by atoms with van der Waals surface area (Å²) >= 11 is 3.49. The normalized spacial score (nSPS) is 11.0. The van der Waals surface area contributed by atoms with E-state index in [1.807, 2.05) is 0 Å². The number of hydrogen-bond acceptors (Lipinski definition) is 3. The Morgan fingerprint density at radius 1 is 1.43 bits per heavy atom. The van der Waals surface area contributed by atoms with Crippen molar-refractivity contribution in [1.29, 1.82) is 0 Å². The molecule has 0 fully saturated rings. The van der Waals surface area contributed by atoms with Crippen LogP contribution in [0.4, 0.5) is 0 Å². The van der Waals surface area contributed by atoms with Crippen molar-refractivity contribution < 1.29 is 0 Å². The quantitative estimate of drug-likeness (QED) is 0.810. The fourth-order valence-electron chi connectivity index (χ4n) is 1.29. The fourth-order valence-corrected chi connectivity index (χ4v) is 2.35. The van der Waals surface area contributed by atoms with Crippen LogP contribution in [0.25, 0.3) is 11.0 Å². The summed E-state index contributed by atoms with van der Waals surface area (Å²) in [6.07, 6.45) is 2.08. The Hall–Kier alpha value is -0.610. The minimum Gasteiger partial charge on any atom is -0.333 e. The van der Waals surface area contributed by atoms with E-state index in [2.05, 4.69) is 41.3 Å². The molecule has 0 aliphatic heterocycles. The molecule has 2 nitrogen and oxygen atoms in total. The highest BCUT2D eigenvalue weighted by Gasteiger charge is 2.02. The first-order chi connectivity index (χ1) is 6.83. The summed E-state index contributed by atoms with van der Waals surface area (Å²) in [5, 5.41) is 1.01. The maximum absolute atomic E-state index is 4.51. The van der Waals surface area contributed by atoms with Crippen molar-refractivity contribution in [1.82, 2.24) is 9.97 Å². The second kappa shape index (κ2) is 4.28. The molecule has 2 rings (SSSR count). The van der Waals surface area contributed by atoms with Gasteiger partial charge in [0.25, 0.3) is 0 Å². The third kappa shape index (κ3) is 1.91. The van der Waals surface area contributed by atoms with Crippen molar-refractivity contribution >= 4 is 34.6 Å². The molecule has 0 saturated carbocycles. The van der Waals surface area contributed by atoms with Gasteiger partial charge in [-0.1, -0.05) is 18.7 Å². The predicted octanol–water partition coefficient (Wildman–Crippen LogP) is 3.40. The summed E-state index contributed by atoms with van der Waals surface area (Å²) in [7, 11) is 0. The molecule has 1 aromatic carbocycles. The third-order valence-electron chi connectivity index (χ3n) is 1.95. The van der Waals surface area contributed by atoms with E-state index in [1.54, 1.807) is 23.5 Å². The molecule has 1 N–H and O–H groups in total. The monoisotopic (exact) mass is 224 g/mol. The van der Waals surface area contributed by atoms with Gasteiger partial charge in [-0.3, -0.25) is 0 Å². The van der Waals surface area contributed by atoms with Gasteiger partial charge in [0.2, 0.25) is 0 Å². The molecular formula is C10H12N2S2. The van der Waals surface area contributed by atoms with Gasteiger partial charge < -0.3 is 4.98 Å². The van der Waals surface area contributed by atoms with Crippen LogP contribution >= 0.6 is 23.5 Å². The Kier molecular flexibility index (Phi) is 3.03. The molecule has 1 aromatic heterocycles. The van der Waals surface area contributed by atoms with Crippen LogP contribution in [0.5, 0.6) is 0 Å². The molecule has 1 heterocycles. The highest BCUT2D eigenvalue weighted by atomic mass is 32.2. The molecule has 0 aliphatic rings. The number of rotatable bonds is 3. The molecular weight excluding hydrogens is 212 g/mol. The molecule has 0 bridgehead atoms. The summed E-state index contributed by atoms with van der Waals surface area (Å²) in [5.41, 5.74) is 2.19. The molecule has 74 valence electrons. The second-order valence-electron chi connectivity index (χ2n) is 2.86. The number of imidazole rings is 1. The van der Waals surface area contributed by atoms with E-state index in [0.717, 1.165) is 21.9 Å². The minimum absolute atomic E-state index is 1.01. The van der Waals surface area contributed by atoms with E-state index < -0.39 is 0 Å². The van der Waals surface area contributed by atoms with Crippen LogP contribution in [0.15, 0.2) is 28.3 Å². The van der Waals surface area contributed by atoms with Gasteiger partial charge in [0, 0.05) is 4.90 Å². The van der Waals surface area contributed by atoms with Crippen LogP contribution < -0.4 is 0 Å². The lowest BCUT2D eigenvalue weighted by Crippen LogP contribution is -1.73. The van der Waals surface area contributed by atoms with E-state index in [-0.39, 0.29) is 0 Å². The number of hydrogen-bond donors (Lipinski definition) is 1. The van der Waals surface area contributed by atoms with E-state index >= 15 is 0 Å². The number of thioether (sulfide) groups is 2. The Bertz CT molecular complexity index is 437. The first-order valence-electron chi connectivity index (χ1n) is 4.50. The molecule has 0 spiro atoms. The van der Waals surface area contributed by atoms with Crippen LogP contribution in [-0.2, 0) is 0 Å². The van der Waals surface area contributed by atoms with Crippen LogP contribution in [0.2, 0.25) is 0 Å². The molecule has 0 amide bonds. The predicted molar refractivity (Wildman–Crippen MR) is 64.3 cm³/mol. The van der Waals surface area contributed by atoms with Crippen LogP contribution in [0.3, 0.4) is 0 Å². The van der Waals surface area contributed by atoms with Crippen molar-refractivity contribution in [2.45, 2.75) is 17.0 Å². The third-order valence-corrected chi connectivity index (χ3v) is 3.43. The van der Waals surface area contributed by atoms with Crippen LogP contribution in [0.1, 0.15) is 6.92 Å². The molecule has 0 aliphatic carbocycles. The van der Waals surface area contributed by atoms with E-state index in [4.69, 9.17) is 0 Å². The second-order valence-corrected chi connectivity index (χ2v) is 4.99. The summed E-state index contributed by atoms with van der Waals surface area (Å²) in [5.74, 6) is 1.05. The van der Waals surface area contributed by atoms with Crippen molar-refractivity contribution in [3.63, 3.8) is 0 Å². The Morgan fingerprint density at radius 2 is 2.29 bits per heavy atom. The first kappa shape index (κ1) is 9.93. The van der Waals surface area contributed by atoms with Gasteiger partial charge in [0.05, 0.1) is 11.0 Å². The van der Waals surface area contributed by atoms with Gasteiger partial charge in [0.1, 0.15) is 0 Å². The van der Waals surface area contributed by atoms with Crippen molar-refractivity contribution in [2.24, 2.45) is 0 Å². The zero-order chi connectivity index (χ0) is 9.97. The smallest absolute Gasteiger partial charge is 0.166 e. The zero-order valence-electron chi connectivity index (χ0n) is 8.20. The largest absolute Gasteiger partial charge is 0.333 e. The maximum atomic E-state index is 4.51. The lowest BCUT2D eigenvalue weighted by atomic mass is 10.3. The van der Waals surface area contributed by atoms with Gasteiger partial charge >= 0.3 is 0 Å². The number of nitrogens with zero attached hydrogens (tertiary/aromatic N) is 1. The SMILES string of the molecule is CCSc1nc2cc(SC)ccc2[nH]1. The van der Waals surface area contributed by atoms with E-state index in [1.165, 1.54) is 4.90 Å². The van der Waals surface area contributed by atoms with Crippen molar-refractivity contribution in [3.8, 4) is 0 Å². The van der Waals surface area contributed by atoms with Gasteiger partial charge in [0.15, 0.2) is 5.16 Å². The summed E-state index contributed by atoms with van der Waals surface area (Å²) in [6.45, 7) is 2.13. The Morgan fingerprint density at radius 3 is 3.00 bits per heavy atom. The molecule has 0 atom stereocenters. The number of benzene rings is 1. The fraction of sp³-hybridized carbons (Fsp3) is 0.300. The van der Waals surface area contributed by atoms with Gasteiger partial charge in [-0.25, -0.2) is 4.98 Å². The average Bonchev–Trinajstić information content (AvgIpc) is 2.59. The van der Waals surface area contributed by atoms with Gasteiger partial charge in [-0.2, -0.15) is 0 Å². The lowest BCUT2D eigenvalue weighted by Gasteiger charge is -1.93. The molecule has 0 unspecified atom stereocenters. The summed E-state index contributed by atoms with van der Waals surface area (Å²) in [6, 6.07) is 6.33. The highest BCUT2D eigenvalue weighted by molar-refractivity contribution is 7.99. The topological polar surface area (TPSA) is 28.7 Å². The number of fused-ring (bicyclic) bond motifs is 1. The van der Waals surface area contributed by atoms with E-state index in [0.29, 0.717) is 0 Å². The standard InChI is InChI=1S/C10H12N2S2/c1-3-14-10-11-8-5-4-7(13-2)6-9(8)12-10/h4-6H,3H2,1-2H3,(H,11,12). The number of H-pyrrole nitrogens is 1. The van der Waals surface area contributed by atoms with Crippen molar-refractivity contribution in [2.75, 3.05) is 12.0 Å². The molecule has 4 heteroatoms. The molecule has 0 saturated heterocycles. The van der Waals surface area contributed by atoms with Gasteiger partial charge in [-0.15, -0.1) is 11.8 Å². The zero-order valence-corrected chi connectivity index (χ0v) is 9.84. The number of aromatic nitrogens is 2. The molecule has 2 aromatic rings. The summed E-state index contributed by atoms with van der Waals surface area (Å²) < 4.78 is 0. The van der Waals surface area contributed by atoms with Crippen LogP contribution in [0, 0.1) is 0 Å². The van der Waals surface area contributed by atoms with E-state index in [9.17, 15) is 0 Å². The van der Waals surface area contributed by atoms with Crippen LogP contribution in [-0.4, -0.2) is 22.0 Å². The van der Waals surface area contributed by atoms with Crippen molar-refractivity contribution in [3.05, 3.63) is 18.2 Å². The number of aromatic amines is 1. The number of nitrogens with one attached hydrogen (secondary N) is 1. The first-order valence-corrected chi connectivity index (χ1v) is 6.71. The average molecular weight is 224 g/mol. The molecule has 0 radical (unpaired) electrons. The summed E-state index contributed by atoms with van der Waals surface area (Å²) in [4.78, 5) is 9.06. The van der Waals surface area contributed by atoms with Gasteiger partial charge in [-0.05, 0) is 30.2 Å². The highest BCUT2D eigenvalue weighted by Crippen LogP contribution is 2.23.